The quantitative estimate of drug-likeness (QED) is 0.786. The first kappa shape index (κ1) is 15.5. The first-order valence-electron chi connectivity index (χ1n) is 6.76. The number of hydrogen-bond donors (Lipinski definition) is 2. The monoisotopic (exact) mass is 269 g/mol. The molecule has 1 atom stereocenters. The molecule has 18 heavy (non-hydrogen) atoms. The topological polar surface area (TPSA) is 32.3 Å². The molecular weight excluding hydrogens is 246 g/mol. The Bertz CT molecular complexity index is 363. The van der Waals surface area contributed by atoms with Gasteiger partial charge in [0.15, 0.2) is 0 Å². The van der Waals surface area contributed by atoms with Gasteiger partial charge in [-0.1, -0.05) is 44.5 Å². The van der Waals surface area contributed by atoms with E-state index in [4.69, 9.17) is 11.6 Å². The molecule has 0 bridgehead atoms. The molecule has 1 aromatic rings. The molecule has 0 aliphatic heterocycles. The summed E-state index contributed by atoms with van der Waals surface area (Å²) in [5.41, 5.74) is 0.575. The van der Waals surface area contributed by atoms with Crippen LogP contribution in [0.2, 0.25) is 5.02 Å². The molecule has 0 fully saturated rings. The second kappa shape index (κ2) is 7.13. The number of aliphatic hydroxyl groups is 1. The van der Waals surface area contributed by atoms with Gasteiger partial charge in [0.25, 0.3) is 0 Å². The van der Waals surface area contributed by atoms with Crippen LogP contribution in [0.5, 0.6) is 0 Å². The predicted octanol–water partition coefficient (Wildman–Crippen LogP) is 3.93. The molecule has 0 aliphatic rings. The van der Waals surface area contributed by atoms with Gasteiger partial charge >= 0.3 is 0 Å². The standard InChI is InChI=1S/C15H24ClNO/c1-4-14(12-8-7-9-13(16)10-12)17-11-15(18,5-2)6-3/h7-10,14,17-18H,4-6,11H2,1-3H3. The Morgan fingerprint density at radius 1 is 1.28 bits per heavy atom. The Morgan fingerprint density at radius 2 is 1.94 bits per heavy atom. The van der Waals surface area contributed by atoms with Crippen molar-refractivity contribution in [1.29, 1.82) is 0 Å². The number of halogens is 1. The van der Waals surface area contributed by atoms with Crippen molar-refractivity contribution in [2.24, 2.45) is 0 Å². The van der Waals surface area contributed by atoms with Gasteiger partial charge in [-0.3, -0.25) is 0 Å². The Labute approximate surface area is 115 Å². The summed E-state index contributed by atoms with van der Waals surface area (Å²) in [6, 6.07) is 8.15. The number of rotatable bonds is 7. The van der Waals surface area contributed by atoms with E-state index < -0.39 is 5.60 Å². The molecular formula is C15H24ClNO. The zero-order valence-electron chi connectivity index (χ0n) is 11.5. The number of benzene rings is 1. The van der Waals surface area contributed by atoms with Crippen molar-refractivity contribution in [1.82, 2.24) is 5.32 Å². The van der Waals surface area contributed by atoms with Gasteiger partial charge in [0, 0.05) is 17.6 Å². The first-order valence-corrected chi connectivity index (χ1v) is 7.13. The minimum Gasteiger partial charge on any atom is -0.389 e. The van der Waals surface area contributed by atoms with Crippen LogP contribution >= 0.6 is 11.6 Å². The summed E-state index contributed by atoms with van der Waals surface area (Å²) in [6.07, 6.45) is 2.51. The highest BCUT2D eigenvalue weighted by Crippen LogP contribution is 2.22. The molecule has 0 spiro atoms. The van der Waals surface area contributed by atoms with E-state index in [1.807, 2.05) is 32.0 Å². The van der Waals surface area contributed by atoms with Gasteiger partial charge in [0.05, 0.1) is 5.60 Å². The van der Waals surface area contributed by atoms with Crippen LogP contribution in [0.4, 0.5) is 0 Å². The molecule has 0 amide bonds. The van der Waals surface area contributed by atoms with Crippen LogP contribution in [0.1, 0.15) is 51.6 Å². The van der Waals surface area contributed by atoms with Crippen molar-refractivity contribution >= 4 is 11.6 Å². The summed E-state index contributed by atoms with van der Waals surface area (Å²) in [4.78, 5) is 0. The Kier molecular flexibility index (Phi) is 6.13. The number of hydrogen-bond acceptors (Lipinski definition) is 2. The Morgan fingerprint density at radius 3 is 2.44 bits per heavy atom. The van der Waals surface area contributed by atoms with E-state index in [-0.39, 0.29) is 6.04 Å². The molecule has 0 saturated carbocycles. The van der Waals surface area contributed by atoms with Gasteiger partial charge < -0.3 is 10.4 Å². The van der Waals surface area contributed by atoms with E-state index in [9.17, 15) is 5.11 Å². The maximum Gasteiger partial charge on any atom is 0.0766 e. The van der Waals surface area contributed by atoms with Gasteiger partial charge in [0.1, 0.15) is 0 Å². The van der Waals surface area contributed by atoms with Crippen LogP contribution in [0.15, 0.2) is 24.3 Å². The van der Waals surface area contributed by atoms with Crippen LogP contribution in [-0.2, 0) is 0 Å². The van der Waals surface area contributed by atoms with Crippen LogP contribution in [0.3, 0.4) is 0 Å². The van der Waals surface area contributed by atoms with Crippen molar-refractivity contribution in [2.75, 3.05) is 6.54 Å². The average Bonchev–Trinajstić information content (AvgIpc) is 2.39. The maximum absolute atomic E-state index is 10.3. The summed E-state index contributed by atoms with van der Waals surface area (Å²) in [5, 5.41) is 14.5. The van der Waals surface area contributed by atoms with Gasteiger partial charge in [-0.2, -0.15) is 0 Å². The fraction of sp³-hybridized carbons (Fsp3) is 0.600. The first-order chi connectivity index (χ1) is 8.54. The molecule has 0 aliphatic carbocycles. The van der Waals surface area contributed by atoms with Crippen molar-refractivity contribution < 1.29 is 5.11 Å². The van der Waals surface area contributed by atoms with Crippen LogP contribution in [-0.4, -0.2) is 17.3 Å². The van der Waals surface area contributed by atoms with E-state index in [1.54, 1.807) is 0 Å². The van der Waals surface area contributed by atoms with E-state index in [2.05, 4.69) is 18.3 Å². The molecule has 1 aromatic carbocycles. The molecule has 1 unspecified atom stereocenters. The smallest absolute Gasteiger partial charge is 0.0766 e. The van der Waals surface area contributed by atoms with Crippen molar-refractivity contribution in [3.8, 4) is 0 Å². The highest BCUT2D eigenvalue weighted by atomic mass is 35.5. The average molecular weight is 270 g/mol. The van der Waals surface area contributed by atoms with Crippen LogP contribution in [0.25, 0.3) is 0 Å². The van der Waals surface area contributed by atoms with Crippen molar-refractivity contribution in [2.45, 2.75) is 51.7 Å². The second-order valence-corrected chi connectivity index (χ2v) is 5.26. The highest BCUT2D eigenvalue weighted by Gasteiger charge is 2.23. The molecule has 1 rings (SSSR count). The predicted molar refractivity (Wildman–Crippen MR) is 78.0 cm³/mol. The summed E-state index contributed by atoms with van der Waals surface area (Å²) < 4.78 is 0. The van der Waals surface area contributed by atoms with E-state index in [1.165, 1.54) is 5.56 Å². The van der Waals surface area contributed by atoms with Gasteiger partial charge in [-0.15, -0.1) is 0 Å². The van der Waals surface area contributed by atoms with E-state index >= 15 is 0 Å². The molecule has 0 saturated heterocycles. The molecule has 3 heteroatoms. The lowest BCUT2D eigenvalue weighted by Gasteiger charge is -2.28. The molecule has 0 heterocycles. The second-order valence-electron chi connectivity index (χ2n) is 4.83. The fourth-order valence-electron chi connectivity index (χ4n) is 2.03. The summed E-state index contributed by atoms with van der Waals surface area (Å²) >= 11 is 6.01. The zero-order chi connectivity index (χ0) is 13.6. The van der Waals surface area contributed by atoms with E-state index in [0.717, 1.165) is 24.3 Å². The third-order valence-electron chi connectivity index (χ3n) is 3.65. The third-order valence-corrected chi connectivity index (χ3v) is 3.89. The summed E-state index contributed by atoms with van der Waals surface area (Å²) in [6.45, 7) is 6.79. The highest BCUT2D eigenvalue weighted by molar-refractivity contribution is 6.30. The van der Waals surface area contributed by atoms with E-state index in [0.29, 0.717) is 6.54 Å². The number of nitrogens with one attached hydrogen (secondary N) is 1. The SMILES string of the molecule is CCC(NCC(O)(CC)CC)c1cccc(Cl)c1. The minimum atomic E-state index is -0.605. The summed E-state index contributed by atoms with van der Waals surface area (Å²) in [7, 11) is 0. The zero-order valence-corrected chi connectivity index (χ0v) is 12.3. The molecule has 0 aromatic heterocycles. The molecule has 0 radical (unpaired) electrons. The normalized spacial score (nSPS) is 13.6. The Balaban J connectivity index is 2.68. The third kappa shape index (κ3) is 4.27. The molecule has 2 nitrogen and oxygen atoms in total. The molecule has 2 N–H and O–H groups in total. The maximum atomic E-state index is 10.3. The van der Waals surface area contributed by atoms with Gasteiger partial charge in [-0.05, 0) is 37.0 Å². The lowest BCUT2D eigenvalue weighted by atomic mass is 9.96. The lowest BCUT2D eigenvalue weighted by Crippen LogP contribution is -2.40. The van der Waals surface area contributed by atoms with Crippen molar-refractivity contribution in [3.63, 3.8) is 0 Å². The lowest BCUT2D eigenvalue weighted by molar-refractivity contribution is 0.0297. The van der Waals surface area contributed by atoms with Crippen LogP contribution in [0, 0.1) is 0 Å². The fourth-order valence-corrected chi connectivity index (χ4v) is 2.23. The Hall–Kier alpha value is -0.570. The van der Waals surface area contributed by atoms with Crippen molar-refractivity contribution in [3.05, 3.63) is 34.9 Å². The summed E-state index contributed by atoms with van der Waals surface area (Å²) in [5.74, 6) is 0. The minimum absolute atomic E-state index is 0.244. The van der Waals surface area contributed by atoms with Gasteiger partial charge in [0.2, 0.25) is 0 Å². The van der Waals surface area contributed by atoms with Crippen LogP contribution < -0.4 is 5.32 Å². The molecule has 102 valence electrons. The largest absolute Gasteiger partial charge is 0.389 e. The van der Waals surface area contributed by atoms with Gasteiger partial charge in [-0.25, -0.2) is 0 Å².